The van der Waals surface area contributed by atoms with Gasteiger partial charge in [0.25, 0.3) is 5.52 Å². The molecule has 0 aliphatic rings. The molecule has 3 nitrogen and oxygen atoms in total. The summed E-state index contributed by atoms with van der Waals surface area (Å²) in [6.45, 7) is 0.739. The van der Waals surface area contributed by atoms with E-state index in [9.17, 15) is 105 Å². The number of halogens is 24. The van der Waals surface area contributed by atoms with Crippen molar-refractivity contribution in [3.8, 4) is 6.07 Å². The van der Waals surface area contributed by atoms with Gasteiger partial charge in [0.05, 0.1) is 56.1 Å². The zero-order chi connectivity index (χ0) is 56.3. The largest absolute Gasteiger partial charge is 0.416 e. The zero-order valence-electron chi connectivity index (χ0n) is 36.3. The molecule has 0 N–H and O–H groups in total. The first-order valence-corrected chi connectivity index (χ1v) is 20.3. The van der Waals surface area contributed by atoms with Crippen LogP contribution in [-0.4, -0.2) is 6.15 Å². The monoisotopic (exact) mass is 1100 g/mol. The number of rotatable bonds is 6. The summed E-state index contributed by atoms with van der Waals surface area (Å²) in [6, 6.07) is 8.83. The van der Waals surface area contributed by atoms with Gasteiger partial charge in [-0.15, -0.1) is 0 Å². The lowest BCUT2D eigenvalue weighted by Crippen LogP contribution is -2.75. The molecule has 1 aromatic heterocycles. The molecule has 75 heavy (non-hydrogen) atoms. The number of nitrogens with zero attached hydrogens (tertiary/aromatic N) is 2. The number of fused-ring (bicyclic) bond motifs is 1. The van der Waals surface area contributed by atoms with Crippen LogP contribution in [0.5, 0.6) is 0 Å². The van der Waals surface area contributed by atoms with Crippen LogP contribution in [0.15, 0.2) is 132 Å². The normalized spacial score (nSPS) is 13.4. The third kappa shape index (κ3) is 12.6. The number of oxazole rings is 1. The van der Waals surface area contributed by atoms with Crippen LogP contribution in [0.3, 0.4) is 0 Å². The van der Waals surface area contributed by atoms with Crippen molar-refractivity contribution < 1.29 is 114 Å². The Kier molecular flexibility index (Phi) is 14.7. The molecule has 6 aromatic carbocycles. The minimum Gasteiger partial charge on any atom is -0.404 e. The molecule has 28 heteroatoms. The van der Waals surface area contributed by atoms with E-state index in [1.807, 2.05) is 48.5 Å². The molecular formula is C47H23BF24N2O. The lowest BCUT2D eigenvalue weighted by Gasteiger charge is -2.46. The number of nitriles is 1. The molecule has 7 aromatic rings. The van der Waals surface area contributed by atoms with Gasteiger partial charge in [0.1, 0.15) is 6.15 Å². The van der Waals surface area contributed by atoms with E-state index in [-0.39, 0.29) is 0 Å². The Bertz CT molecular complexity index is 2820. The van der Waals surface area contributed by atoms with Gasteiger partial charge < -0.3 is 4.42 Å². The Morgan fingerprint density at radius 1 is 0.373 bits per heavy atom. The second kappa shape index (κ2) is 19.4. The summed E-state index contributed by atoms with van der Waals surface area (Å²) in [5.74, 6) is 0. The van der Waals surface area contributed by atoms with Crippen molar-refractivity contribution >= 4 is 39.1 Å². The summed E-state index contributed by atoms with van der Waals surface area (Å²) in [5, 5.41) is 8.76. The van der Waals surface area contributed by atoms with Gasteiger partial charge >= 0.3 is 55.8 Å². The van der Waals surface area contributed by atoms with Crippen LogP contribution in [0, 0.1) is 11.3 Å². The maximum absolute atomic E-state index is 14.2. The van der Waals surface area contributed by atoms with Crippen LogP contribution in [0.1, 0.15) is 55.6 Å². The second-order valence-corrected chi connectivity index (χ2v) is 16.4. The number of alkyl halides is 24. The highest BCUT2D eigenvalue weighted by Crippen LogP contribution is 2.41. The maximum atomic E-state index is 14.2. The zero-order valence-corrected chi connectivity index (χ0v) is 36.3. The standard InChI is InChI=1S/C32H12BF24.C15H11N2O/c34-25(35,36)13-1-14(26(37,38)39)6-21(5-13)33(22-7-15(27(40,41)42)2-16(8-22)28(43,44)45,23-9-17(29(46,47)48)3-18(10-23)30(49,50)51)24-11-19(31(52,53)54)4-20(12-24)32(55,56)57;16-9-12-5-7-13(8-6-12)10-17-11-18-15-4-2-1-3-14(15)17/h1-12H;1-8,11H,10H2/q-1;+1. The quantitative estimate of drug-likeness (QED) is 0.0946. The van der Waals surface area contributed by atoms with Gasteiger partial charge in [0.15, 0.2) is 6.54 Å². The van der Waals surface area contributed by atoms with Gasteiger partial charge in [-0.05, 0) is 42.5 Å². The van der Waals surface area contributed by atoms with E-state index in [2.05, 4.69) is 10.6 Å². The Hall–Kier alpha value is -7.34. The van der Waals surface area contributed by atoms with Gasteiger partial charge in [-0.1, -0.05) is 72.8 Å². The van der Waals surface area contributed by atoms with Gasteiger partial charge in [0, 0.05) is 11.6 Å². The lowest BCUT2D eigenvalue weighted by atomic mass is 9.12. The predicted molar refractivity (Wildman–Crippen MR) is 217 cm³/mol. The molecule has 0 saturated heterocycles. The topological polar surface area (TPSA) is 40.8 Å². The lowest BCUT2D eigenvalue weighted by molar-refractivity contribution is -0.667. The van der Waals surface area contributed by atoms with E-state index < -0.39 is 195 Å². The highest BCUT2D eigenvalue weighted by atomic mass is 19.4. The molecular weight excluding hydrogens is 1080 g/mol. The maximum Gasteiger partial charge on any atom is 0.416 e. The fraction of sp³-hybridized carbons (Fsp3) is 0.191. The first-order chi connectivity index (χ1) is 34.1. The van der Waals surface area contributed by atoms with Crippen molar-refractivity contribution in [2.45, 2.75) is 56.0 Å². The van der Waals surface area contributed by atoms with Crippen LogP contribution in [0.2, 0.25) is 0 Å². The molecule has 0 saturated carbocycles. The minimum atomic E-state index is -6.13. The number of hydrogen-bond acceptors (Lipinski definition) is 2. The Morgan fingerprint density at radius 2 is 0.640 bits per heavy atom. The van der Waals surface area contributed by atoms with Gasteiger partial charge in [-0.2, -0.15) is 137 Å². The number of aromatic nitrogens is 1. The van der Waals surface area contributed by atoms with Crippen molar-refractivity contribution in [1.29, 1.82) is 5.26 Å². The molecule has 0 aliphatic carbocycles. The molecule has 398 valence electrons. The molecule has 0 unspecified atom stereocenters. The van der Waals surface area contributed by atoms with Crippen molar-refractivity contribution in [3.63, 3.8) is 0 Å². The molecule has 0 atom stereocenters. The Labute approximate surface area is 403 Å². The van der Waals surface area contributed by atoms with Crippen LogP contribution in [0.4, 0.5) is 105 Å². The highest BCUT2D eigenvalue weighted by molar-refractivity contribution is 7.20. The van der Waals surface area contributed by atoms with Gasteiger partial charge in [0.2, 0.25) is 5.58 Å². The summed E-state index contributed by atoms with van der Waals surface area (Å²) >= 11 is 0. The van der Waals surface area contributed by atoms with Crippen LogP contribution in [-0.2, 0) is 56.0 Å². The molecule has 0 amide bonds. The smallest absolute Gasteiger partial charge is 0.404 e. The molecule has 0 spiro atoms. The molecule has 0 aliphatic heterocycles. The van der Waals surface area contributed by atoms with Gasteiger partial charge in [-0.25, -0.2) is 0 Å². The van der Waals surface area contributed by atoms with Crippen molar-refractivity contribution in [2.24, 2.45) is 0 Å². The van der Waals surface area contributed by atoms with E-state index in [1.165, 1.54) is 0 Å². The first kappa shape index (κ1) is 57.0. The number of benzene rings is 6. The molecule has 7 rings (SSSR count). The van der Waals surface area contributed by atoms with E-state index in [0.717, 1.165) is 23.2 Å². The SMILES string of the molecule is FC(F)(F)c1cc([B-](c2cc(C(F)(F)F)cc(C(F)(F)F)c2)(c2cc(C(F)(F)F)cc(C(F)(F)F)c2)c2cc(C(F)(F)F)cc(C(F)(F)F)c2)cc(C(F)(F)F)c1.N#Cc1ccc(C[n+]2coc3ccccc32)cc1. The summed E-state index contributed by atoms with van der Waals surface area (Å²) in [5.41, 5.74) is -26.4. The van der Waals surface area contributed by atoms with Crippen LogP contribution in [0.25, 0.3) is 11.1 Å². The third-order valence-electron chi connectivity index (χ3n) is 11.4. The van der Waals surface area contributed by atoms with E-state index >= 15 is 0 Å². The molecule has 0 radical (unpaired) electrons. The molecule has 1 heterocycles. The first-order valence-electron chi connectivity index (χ1n) is 20.3. The average Bonchev–Trinajstić information content (AvgIpc) is 3.69. The minimum absolute atomic E-state index is 0.681. The summed E-state index contributed by atoms with van der Waals surface area (Å²) in [6.07, 6.45) is -53.1. The molecule has 0 bridgehead atoms. The Balaban J connectivity index is 0.000000421. The fourth-order valence-corrected chi connectivity index (χ4v) is 8.05. The highest BCUT2D eigenvalue weighted by Gasteiger charge is 2.47. The fourth-order valence-electron chi connectivity index (χ4n) is 8.05. The van der Waals surface area contributed by atoms with Crippen LogP contribution < -0.4 is 26.4 Å². The van der Waals surface area contributed by atoms with Crippen molar-refractivity contribution in [3.05, 3.63) is 183 Å². The van der Waals surface area contributed by atoms with Crippen molar-refractivity contribution in [1.82, 2.24) is 0 Å². The molecule has 0 fully saturated rings. The summed E-state index contributed by atoms with van der Waals surface area (Å²) in [4.78, 5) is 0. The van der Waals surface area contributed by atoms with E-state index in [4.69, 9.17) is 9.68 Å². The van der Waals surface area contributed by atoms with Crippen LogP contribution >= 0.6 is 0 Å². The van der Waals surface area contributed by atoms with E-state index in [1.54, 1.807) is 6.39 Å². The average molecular weight is 1100 g/mol. The summed E-state index contributed by atoms with van der Waals surface area (Å²) < 4.78 is 348. The summed E-state index contributed by atoms with van der Waals surface area (Å²) in [7, 11) is 0. The van der Waals surface area contributed by atoms with E-state index in [0.29, 0.717) is 5.56 Å². The van der Waals surface area contributed by atoms with Gasteiger partial charge in [-0.3, -0.25) is 0 Å². The third-order valence-corrected chi connectivity index (χ3v) is 11.4. The Morgan fingerprint density at radius 3 is 0.893 bits per heavy atom. The predicted octanol–water partition coefficient (Wildman–Crippen LogP) is 13.9. The second-order valence-electron chi connectivity index (χ2n) is 16.4. The number of hydrogen-bond donors (Lipinski definition) is 0. The number of para-hydroxylation sites is 2. The van der Waals surface area contributed by atoms with Crippen molar-refractivity contribution in [2.75, 3.05) is 0 Å².